The number of hydrogen-bond donors (Lipinski definition) is 0. The van der Waals surface area contributed by atoms with Crippen LogP contribution in [0.25, 0.3) is 0 Å². The van der Waals surface area contributed by atoms with Gasteiger partial charge in [0.05, 0.1) is 23.6 Å². The molecule has 2 aromatic rings. The van der Waals surface area contributed by atoms with Crippen molar-refractivity contribution < 1.29 is 0 Å². The molecular weight excluding hydrogens is 314 g/mol. The molecular formula is C19H25N5O. The summed E-state index contributed by atoms with van der Waals surface area (Å²) in [6.45, 7) is 3.84. The summed E-state index contributed by atoms with van der Waals surface area (Å²) in [5.74, 6) is 0.533. The summed E-state index contributed by atoms with van der Waals surface area (Å²) < 4.78 is 3.78. The molecule has 0 amide bonds. The van der Waals surface area contributed by atoms with E-state index in [2.05, 4.69) is 26.8 Å². The van der Waals surface area contributed by atoms with Crippen LogP contribution in [0.2, 0.25) is 0 Å². The average Bonchev–Trinajstić information content (AvgIpc) is 3.23. The lowest BCUT2D eigenvalue weighted by atomic mass is 9.99. The summed E-state index contributed by atoms with van der Waals surface area (Å²) in [6, 6.07) is 1.81. The first-order valence-corrected chi connectivity index (χ1v) is 9.53. The highest BCUT2D eigenvalue weighted by Gasteiger charge is 2.30. The van der Waals surface area contributed by atoms with E-state index in [1.807, 2.05) is 6.07 Å². The van der Waals surface area contributed by atoms with Gasteiger partial charge in [-0.3, -0.25) is 14.4 Å². The van der Waals surface area contributed by atoms with E-state index in [1.165, 1.54) is 35.4 Å². The van der Waals surface area contributed by atoms with Crippen molar-refractivity contribution in [2.24, 2.45) is 13.0 Å². The molecule has 0 saturated carbocycles. The van der Waals surface area contributed by atoms with Gasteiger partial charge in [0, 0.05) is 38.7 Å². The summed E-state index contributed by atoms with van der Waals surface area (Å²) in [5.41, 5.74) is 6.57. The highest BCUT2D eigenvalue weighted by atomic mass is 16.1. The van der Waals surface area contributed by atoms with Crippen LogP contribution in [-0.2, 0) is 45.8 Å². The molecule has 2 aromatic heterocycles. The fourth-order valence-electron chi connectivity index (χ4n) is 4.73. The highest BCUT2D eigenvalue weighted by molar-refractivity contribution is 5.30. The zero-order valence-electron chi connectivity index (χ0n) is 14.9. The van der Waals surface area contributed by atoms with Crippen LogP contribution in [0.1, 0.15) is 41.1 Å². The van der Waals surface area contributed by atoms with Crippen LogP contribution in [0.4, 0.5) is 0 Å². The fraction of sp³-hybridized carbons (Fsp3) is 0.632. The molecule has 1 fully saturated rings. The predicted octanol–water partition coefficient (Wildman–Crippen LogP) is 1.09. The predicted molar refractivity (Wildman–Crippen MR) is 94.5 cm³/mol. The van der Waals surface area contributed by atoms with Gasteiger partial charge in [-0.1, -0.05) is 0 Å². The molecule has 0 N–H and O–H groups in total. The number of fused-ring (bicyclic) bond motifs is 2. The van der Waals surface area contributed by atoms with Gasteiger partial charge in [-0.25, -0.2) is 4.68 Å². The van der Waals surface area contributed by atoms with E-state index in [9.17, 15) is 4.79 Å². The molecule has 0 spiro atoms. The maximum absolute atomic E-state index is 12.2. The van der Waals surface area contributed by atoms with Gasteiger partial charge in [-0.15, -0.1) is 0 Å². The largest absolute Gasteiger partial charge is 0.297 e. The summed E-state index contributed by atoms with van der Waals surface area (Å²) in [5, 5.41) is 9.28. The van der Waals surface area contributed by atoms with Crippen LogP contribution in [0.5, 0.6) is 0 Å². The number of rotatable bonds is 4. The molecule has 5 rings (SSSR count). The van der Waals surface area contributed by atoms with E-state index in [1.54, 1.807) is 4.68 Å². The van der Waals surface area contributed by atoms with Crippen molar-refractivity contribution >= 4 is 0 Å². The van der Waals surface area contributed by atoms with Crippen molar-refractivity contribution in [3.05, 3.63) is 44.6 Å². The van der Waals surface area contributed by atoms with E-state index in [0.29, 0.717) is 5.92 Å². The third-order valence-electron chi connectivity index (χ3n) is 6.06. The monoisotopic (exact) mass is 339 g/mol. The van der Waals surface area contributed by atoms with Crippen molar-refractivity contribution in [2.75, 3.05) is 13.1 Å². The molecule has 2 aliphatic carbocycles. The number of aromatic nitrogens is 4. The summed E-state index contributed by atoms with van der Waals surface area (Å²) in [6.07, 6.45) is 6.75. The minimum atomic E-state index is 0.0727. The quantitative estimate of drug-likeness (QED) is 0.837. The van der Waals surface area contributed by atoms with Gasteiger partial charge < -0.3 is 0 Å². The van der Waals surface area contributed by atoms with Crippen LogP contribution in [0.15, 0.2) is 10.9 Å². The molecule has 0 radical (unpaired) electrons. The molecule has 0 aromatic carbocycles. The third kappa shape index (κ3) is 2.63. The lowest BCUT2D eigenvalue weighted by Gasteiger charge is -2.39. The second kappa shape index (κ2) is 5.80. The normalized spacial score (nSPS) is 19.9. The van der Waals surface area contributed by atoms with Crippen molar-refractivity contribution in [1.29, 1.82) is 0 Å². The van der Waals surface area contributed by atoms with E-state index >= 15 is 0 Å². The first-order valence-electron chi connectivity index (χ1n) is 9.53. The molecule has 3 heterocycles. The van der Waals surface area contributed by atoms with Crippen molar-refractivity contribution in [1.82, 2.24) is 24.5 Å². The van der Waals surface area contributed by atoms with Gasteiger partial charge in [-0.05, 0) is 49.7 Å². The Morgan fingerprint density at radius 2 is 1.88 bits per heavy atom. The van der Waals surface area contributed by atoms with Crippen molar-refractivity contribution in [3.8, 4) is 0 Å². The minimum absolute atomic E-state index is 0.0727. The summed E-state index contributed by atoms with van der Waals surface area (Å²) in [4.78, 5) is 14.7. The minimum Gasteiger partial charge on any atom is -0.297 e. The number of nitrogens with zero attached hydrogens (tertiary/aromatic N) is 5. The van der Waals surface area contributed by atoms with Gasteiger partial charge in [0.15, 0.2) is 0 Å². The van der Waals surface area contributed by atoms with Crippen LogP contribution in [0, 0.1) is 5.92 Å². The number of aryl methyl sites for hydroxylation is 4. The lowest BCUT2D eigenvalue weighted by Crippen LogP contribution is -2.49. The van der Waals surface area contributed by atoms with Gasteiger partial charge >= 0.3 is 0 Å². The Balaban J connectivity index is 1.22. The van der Waals surface area contributed by atoms with Crippen molar-refractivity contribution in [3.63, 3.8) is 0 Å². The van der Waals surface area contributed by atoms with Crippen molar-refractivity contribution in [2.45, 2.75) is 51.6 Å². The molecule has 0 bridgehead atoms. The van der Waals surface area contributed by atoms with Gasteiger partial charge in [0.2, 0.25) is 0 Å². The van der Waals surface area contributed by atoms with Crippen LogP contribution in [0.3, 0.4) is 0 Å². The van der Waals surface area contributed by atoms with E-state index in [-0.39, 0.29) is 5.56 Å². The molecule has 6 heteroatoms. The molecule has 1 aliphatic heterocycles. The summed E-state index contributed by atoms with van der Waals surface area (Å²) >= 11 is 0. The molecule has 0 unspecified atom stereocenters. The number of likely N-dealkylation sites (tertiary alicyclic amines) is 1. The van der Waals surface area contributed by atoms with E-state index in [4.69, 9.17) is 0 Å². The van der Waals surface area contributed by atoms with Crippen LogP contribution < -0.4 is 5.56 Å². The second-order valence-corrected chi connectivity index (χ2v) is 7.90. The average molecular weight is 339 g/mol. The highest BCUT2D eigenvalue weighted by Crippen LogP contribution is 2.28. The van der Waals surface area contributed by atoms with Gasteiger partial charge in [0.25, 0.3) is 5.56 Å². The zero-order chi connectivity index (χ0) is 17.0. The molecule has 3 aliphatic rings. The molecule has 1 saturated heterocycles. The topological polar surface area (TPSA) is 56.0 Å². The zero-order valence-corrected chi connectivity index (χ0v) is 14.9. The maximum Gasteiger partial charge on any atom is 0.267 e. The molecule has 25 heavy (non-hydrogen) atoms. The fourth-order valence-corrected chi connectivity index (χ4v) is 4.73. The Hall–Kier alpha value is -1.95. The smallest absolute Gasteiger partial charge is 0.267 e. The first-order chi connectivity index (χ1) is 12.2. The summed E-state index contributed by atoms with van der Waals surface area (Å²) in [7, 11) is 2.07. The third-order valence-corrected chi connectivity index (χ3v) is 6.06. The standard InChI is InChI=1S/C19H25N5O/c1-22-18(15-5-3-7-17(15)20-22)12-23-9-13(10-23)11-24-19(25)8-14-4-2-6-16(14)21-24/h8,13H,2-7,9-12H2,1H3. The SMILES string of the molecule is Cn1nc2c(c1CN1CC(Cn3nc4c(cc3=O)CCC4)C1)CCC2. The van der Waals surface area contributed by atoms with E-state index in [0.717, 1.165) is 57.6 Å². The van der Waals surface area contributed by atoms with Crippen LogP contribution in [-0.4, -0.2) is 37.6 Å². The Morgan fingerprint density at radius 3 is 2.76 bits per heavy atom. The molecule has 132 valence electrons. The van der Waals surface area contributed by atoms with E-state index < -0.39 is 0 Å². The Kier molecular flexibility index (Phi) is 3.55. The molecule has 6 nitrogen and oxygen atoms in total. The van der Waals surface area contributed by atoms with Gasteiger partial charge in [-0.2, -0.15) is 10.2 Å². The lowest BCUT2D eigenvalue weighted by molar-refractivity contribution is 0.0738. The number of hydrogen-bond acceptors (Lipinski definition) is 4. The van der Waals surface area contributed by atoms with Gasteiger partial charge in [0.1, 0.15) is 0 Å². The first kappa shape index (κ1) is 15.3. The Bertz CT molecular complexity index is 875. The van der Waals surface area contributed by atoms with Crippen LogP contribution >= 0.6 is 0 Å². The Labute approximate surface area is 147 Å². The maximum atomic E-state index is 12.2. The molecule has 0 atom stereocenters. The Morgan fingerprint density at radius 1 is 1.08 bits per heavy atom. The second-order valence-electron chi connectivity index (χ2n) is 7.90.